The molecule has 1 fully saturated rings. The number of rotatable bonds is 3. The van der Waals surface area contributed by atoms with Gasteiger partial charge in [-0.05, 0) is 17.7 Å². The van der Waals surface area contributed by atoms with E-state index < -0.39 is 30.6 Å². The van der Waals surface area contributed by atoms with Crippen LogP contribution in [0.3, 0.4) is 0 Å². The number of aromatic nitrogens is 4. The van der Waals surface area contributed by atoms with E-state index in [1.54, 1.807) is 6.07 Å². The minimum atomic E-state index is -1.37. The number of H-pyrrole nitrogens is 1. The number of benzene rings is 1. The molecule has 0 aliphatic carbocycles. The first-order chi connectivity index (χ1) is 13.4. The van der Waals surface area contributed by atoms with E-state index in [4.69, 9.17) is 33.8 Å². The molecule has 1 aliphatic heterocycles. The lowest BCUT2D eigenvalue weighted by Gasteiger charge is -2.21. The number of ether oxygens (including phenoxy) is 1. The highest BCUT2D eigenvalue weighted by Gasteiger charge is 2.47. The highest BCUT2D eigenvalue weighted by atomic mass is 35.5. The van der Waals surface area contributed by atoms with Crippen molar-refractivity contribution in [1.29, 1.82) is 0 Å². The van der Waals surface area contributed by atoms with E-state index in [9.17, 15) is 15.3 Å². The summed E-state index contributed by atoms with van der Waals surface area (Å²) >= 11 is 11.9. The van der Waals surface area contributed by atoms with E-state index in [-0.39, 0.29) is 10.5 Å². The molecule has 1 aromatic carbocycles. The van der Waals surface area contributed by atoms with Gasteiger partial charge in [0.1, 0.15) is 30.1 Å². The Morgan fingerprint density at radius 1 is 1.21 bits per heavy atom. The first-order valence-corrected chi connectivity index (χ1v) is 8.96. The molecule has 0 radical (unpaired) electrons. The number of nitrogens with two attached hydrogens (primary N) is 1. The van der Waals surface area contributed by atoms with Gasteiger partial charge in [0.2, 0.25) is 5.49 Å². The molecular weight excluding hydrogens is 411 g/mol. The average molecular weight is 427 g/mol. The predicted molar refractivity (Wildman–Crippen MR) is 99.0 cm³/mol. The minimum Gasteiger partial charge on any atom is -0.387 e. The van der Waals surface area contributed by atoms with E-state index in [1.165, 1.54) is 29.4 Å². The second-order valence-corrected chi connectivity index (χ2v) is 7.11. The molecule has 0 amide bonds. The summed E-state index contributed by atoms with van der Waals surface area (Å²) < 4.78 is 7.27. The van der Waals surface area contributed by atoms with Crippen LogP contribution < -0.4 is 11.3 Å². The zero-order chi connectivity index (χ0) is 20.0. The number of hydrogen-bond acceptors (Lipinski definition) is 8. The largest absolute Gasteiger partial charge is 0.387 e. The molecule has 2 aromatic heterocycles. The Balaban J connectivity index is 1.67. The minimum absolute atomic E-state index is 0.202. The van der Waals surface area contributed by atoms with Crippen molar-refractivity contribution < 1.29 is 20.1 Å². The normalized spacial score (nSPS) is 26.8. The van der Waals surface area contributed by atoms with Gasteiger partial charge in [0, 0.05) is 0 Å². The molecule has 1 unspecified atom stereocenters. The fourth-order valence-corrected chi connectivity index (χ4v) is 3.54. The summed E-state index contributed by atoms with van der Waals surface area (Å²) in [5, 5.41) is 35.8. The Kier molecular flexibility index (Phi) is 5.00. The van der Waals surface area contributed by atoms with Gasteiger partial charge in [-0.1, -0.05) is 29.3 Å². The number of nitrogens with one attached hydrogen (secondary N) is 1. The van der Waals surface area contributed by atoms with Gasteiger partial charge in [0.25, 0.3) is 0 Å². The molecule has 0 spiro atoms. The average Bonchev–Trinajstić information content (AvgIpc) is 3.25. The molecule has 0 bridgehead atoms. The number of hydrogen-bond donors (Lipinski definition) is 5. The molecular formula is C16H16Cl2N6O4. The van der Waals surface area contributed by atoms with Gasteiger partial charge in [0.05, 0.1) is 22.7 Å². The van der Waals surface area contributed by atoms with Crippen molar-refractivity contribution in [2.24, 2.45) is 10.9 Å². The van der Waals surface area contributed by atoms with Crippen molar-refractivity contribution in [3.05, 3.63) is 52.0 Å². The van der Waals surface area contributed by atoms with Crippen molar-refractivity contribution in [3.63, 3.8) is 0 Å². The molecule has 10 nitrogen and oxygen atoms in total. The quantitative estimate of drug-likeness (QED) is 0.295. The lowest BCUT2D eigenvalue weighted by molar-refractivity contribution is -0.0849. The Morgan fingerprint density at radius 2 is 2.00 bits per heavy atom. The molecule has 3 heterocycles. The summed E-state index contributed by atoms with van der Waals surface area (Å²) in [6.07, 6.45) is -3.33. The third kappa shape index (κ3) is 3.04. The standard InChI is InChI=1S/C16H16Cl2N6O4/c17-7-2-1-6(3-8(7)18)10(25)13-11(26)12(27)16(28-13)24-5-22-9-14(23-19)20-4-21-15(9)24/h1-5,10-13,16,25-27H,19H2,(H,20,21,23)/t10?,11-,12+,13+,16+/m0/s1. The maximum atomic E-state index is 10.7. The first kappa shape index (κ1) is 19.1. The van der Waals surface area contributed by atoms with Gasteiger partial charge < -0.3 is 30.9 Å². The van der Waals surface area contributed by atoms with E-state index >= 15 is 0 Å². The lowest BCUT2D eigenvalue weighted by atomic mass is 9.99. The highest BCUT2D eigenvalue weighted by molar-refractivity contribution is 6.42. The monoisotopic (exact) mass is 426 g/mol. The van der Waals surface area contributed by atoms with E-state index in [1.807, 2.05) is 0 Å². The van der Waals surface area contributed by atoms with Crippen LogP contribution in [-0.2, 0) is 4.74 Å². The van der Waals surface area contributed by atoms with Crippen molar-refractivity contribution >= 4 is 34.4 Å². The van der Waals surface area contributed by atoms with Gasteiger partial charge in [-0.15, -0.1) is 0 Å². The SMILES string of the molecule is NN=c1nc[nH]c2c1ncn2[C@@H]1O[C@H](C(O)c2ccc(Cl)c(Cl)c2)[C@@H](O)[C@H]1O. The number of fused-ring (bicyclic) bond motifs is 1. The topological polar surface area (TPSA) is 155 Å². The second kappa shape index (κ2) is 7.32. The maximum absolute atomic E-state index is 10.7. The molecule has 3 aromatic rings. The van der Waals surface area contributed by atoms with Crippen molar-refractivity contribution in [1.82, 2.24) is 19.5 Å². The van der Waals surface area contributed by atoms with E-state index in [0.717, 1.165) is 0 Å². The van der Waals surface area contributed by atoms with Gasteiger partial charge in [-0.2, -0.15) is 5.10 Å². The number of aromatic amines is 1. The van der Waals surface area contributed by atoms with Crippen LogP contribution in [0.2, 0.25) is 10.0 Å². The van der Waals surface area contributed by atoms with Crippen LogP contribution in [0, 0.1) is 0 Å². The first-order valence-electron chi connectivity index (χ1n) is 8.21. The summed E-state index contributed by atoms with van der Waals surface area (Å²) in [7, 11) is 0. The van der Waals surface area contributed by atoms with Crippen LogP contribution in [0.25, 0.3) is 11.2 Å². The zero-order valence-corrected chi connectivity index (χ0v) is 15.7. The second-order valence-electron chi connectivity index (χ2n) is 6.30. The number of aliphatic hydroxyl groups excluding tert-OH is 3. The maximum Gasteiger partial charge on any atom is 0.202 e. The summed E-state index contributed by atoms with van der Waals surface area (Å²) in [4.78, 5) is 11.0. The predicted octanol–water partition coefficient (Wildman–Crippen LogP) is 0.193. The molecule has 1 saturated heterocycles. The summed E-state index contributed by atoms with van der Waals surface area (Å²) in [5.74, 6) is 5.30. The highest BCUT2D eigenvalue weighted by Crippen LogP contribution is 2.37. The molecule has 1 aliphatic rings. The van der Waals surface area contributed by atoms with Gasteiger partial charge in [-0.25, -0.2) is 9.97 Å². The number of nitrogens with zero attached hydrogens (tertiary/aromatic N) is 4. The van der Waals surface area contributed by atoms with Crippen LogP contribution in [0.1, 0.15) is 17.9 Å². The Labute approximate surface area is 167 Å². The third-order valence-electron chi connectivity index (χ3n) is 4.66. The summed E-state index contributed by atoms with van der Waals surface area (Å²) in [6.45, 7) is 0. The Bertz CT molecular complexity index is 1090. The molecule has 148 valence electrons. The molecule has 28 heavy (non-hydrogen) atoms. The molecule has 5 atom stereocenters. The lowest BCUT2D eigenvalue weighted by Crippen LogP contribution is -2.34. The third-order valence-corrected chi connectivity index (χ3v) is 5.40. The van der Waals surface area contributed by atoms with Crippen molar-refractivity contribution in [2.75, 3.05) is 0 Å². The fraction of sp³-hybridized carbons (Fsp3) is 0.312. The number of halogens is 2. The summed E-state index contributed by atoms with van der Waals surface area (Å²) in [5.41, 5.74) is 1.39. The van der Waals surface area contributed by atoms with Crippen LogP contribution in [0.5, 0.6) is 0 Å². The van der Waals surface area contributed by atoms with Crippen LogP contribution in [0.15, 0.2) is 36.0 Å². The van der Waals surface area contributed by atoms with Crippen LogP contribution in [-0.4, -0.2) is 53.2 Å². The van der Waals surface area contributed by atoms with E-state index in [2.05, 4.69) is 20.1 Å². The fourth-order valence-electron chi connectivity index (χ4n) is 3.23. The van der Waals surface area contributed by atoms with Gasteiger partial charge in [0.15, 0.2) is 11.7 Å². The van der Waals surface area contributed by atoms with E-state index in [0.29, 0.717) is 21.7 Å². The Hall–Kier alpha value is -2.21. The van der Waals surface area contributed by atoms with Crippen LogP contribution in [0.4, 0.5) is 0 Å². The van der Waals surface area contributed by atoms with Crippen LogP contribution >= 0.6 is 23.2 Å². The molecule has 12 heteroatoms. The molecule has 0 saturated carbocycles. The smallest absolute Gasteiger partial charge is 0.202 e. The van der Waals surface area contributed by atoms with Gasteiger partial charge >= 0.3 is 0 Å². The van der Waals surface area contributed by atoms with Crippen molar-refractivity contribution in [2.45, 2.75) is 30.6 Å². The number of imidazole rings is 1. The summed E-state index contributed by atoms with van der Waals surface area (Å²) in [6, 6.07) is 4.57. The molecule has 4 rings (SSSR count). The molecule has 6 N–H and O–H groups in total. The van der Waals surface area contributed by atoms with Crippen molar-refractivity contribution in [3.8, 4) is 0 Å². The number of aliphatic hydroxyl groups is 3. The zero-order valence-electron chi connectivity index (χ0n) is 14.1. The van der Waals surface area contributed by atoms with Gasteiger partial charge in [-0.3, -0.25) is 4.57 Å². The Morgan fingerprint density at radius 3 is 2.71 bits per heavy atom.